The maximum atomic E-state index is 10.3. The first kappa shape index (κ1) is 39.7. The van der Waals surface area contributed by atoms with Gasteiger partial charge in [-0.3, -0.25) is 0 Å². The van der Waals surface area contributed by atoms with E-state index < -0.39 is 5.97 Å². The van der Waals surface area contributed by atoms with E-state index in [0.717, 1.165) is 18.8 Å². The average molecular weight is 681 g/mol. The van der Waals surface area contributed by atoms with Crippen LogP contribution in [0.3, 0.4) is 0 Å². The second-order valence-corrected chi connectivity index (χ2v) is 13.0. The van der Waals surface area contributed by atoms with E-state index in [1.54, 1.807) is 0 Å². The van der Waals surface area contributed by atoms with Crippen LogP contribution in [0.5, 0.6) is 0 Å². The second kappa shape index (κ2) is 26.2. The topological polar surface area (TPSA) is 83.5 Å². The Labute approximate surface area is 292 Å². The fourth-order valence-corrected chi connectivity index (χ4v) is 7.14. The molecule has 0 spiro atoms. The summed E-state index contributed by atoms with van der Waals surface area (Å²) in [5.74, 6) is 0.149. The van der Waals surface area contributed by atoms with Gasteiger partial charge in [0, 0.05) is 6.61 Å². The smallest absolute Gasteiger partial charge is 0.329 e. The average Bonchev–Trinajstić information content (AvgIpc) is 3.12. The molecule has 3 aromatic carbocycles. The number of carbonyl (C=O) groups is 1. The molecule has 0 amide bonds. The van der Waals surface area contributed by atoms with Gasteiger partial charge in [-0.05, 0) is 35.3 Å². The summed E-state index contributed by atoms with van der Waals surface area (Å²) in [6, 6.07) is 33.0. The summed E-state index contributed by atoms with van der Waals surface area (Å²) in [6.45, 7) is 4.25. The van der Waals surface area contributed by atoms with Crippen molar-refractivity contribution in [1.29, 1.82) is 0 Å². The minimum absolute atomic E-state index is 0.211. The van der Waals surface area contributed by atoms with Crippen LogP contribution in [0, 0.1) is 0 Å². The third kappa shape index (κ3) is 16.1. The number of unbranched alkanes of at least 4 members (excludes halogenated alkanes) is 8. The van der Waals surface area contributed by atoms with Crippen LogP contribution in [0.1, 0.15) is 74.5 Å². The Morgan fingerprint density at radius 1 is 0.458 bits per heavy atom. The largest absolute Gasteiger partial charge is 0.480 e. The van der Waals surface area contributed by atoms with Crippen LogP contribution < -0.4 is 0 Å². The molecule has 0 fully saturated rings. The van der Waals surface area contributed by atoms with Crippen LogP contribution in [0.4, 0.5) is 0 Å². The Kier molecular flexibility index (Phi) is 21.7. The number of thioether (sulfide) groups is 1. The van der Waals surface area contributed by atoms with Gasteiger partial charge in [0.2, 0.25) is 0 Å². The number of hydrogen-bond acceptors (Lipinski definition) is 7. The van der Waals surface area contributed by atoms with Gasteiger partial charge >= 0.3 is 5.97 Å². The first-order valence-electron chi connectivity index (χ1n) is 17.6. The van der Waals surface area contributed by atoms with Crippen LogP contribution in [-0.2, 0) is 33.2 Å². The molecule has 0 radical (unpaired) electrons. The molecule has 0 bridgehead atoms. The molecule has 0 atom stereocenters. The summed E-state index contributed by atoms with van der Waals surface area (Å²) in [4.78, 5) is 10.3. The van der Waals surface area contributed by atoms with E-state index in [9.17, 15) is 4.79 Å². The Hall–Kier alpha value is -2.72. The van der Waals surface area contributed by atoms with Crippen molar-refractivity contribution in [3.05, 3.63) is 108 Å². The van der Waals surface area contributed by atoms with Gasteiger partial charge in [0.15, 0.2) is 0 Å². The van der Waals surface area contributed by atoms with Crippen molar-refractivity contribution in [2.45, 2.75) is 62.5 Å². The number of rotatable bonds is 30. The van der Waals surface area contributed by atoms with Crippen LogP contribution in [0.2, 0.25) is 0 Å². The standard InChI is InChI=1S/C40H56O7S/c41-39(42)35-47-33-32-46-31-30-45-29-28-44-27-26-43-25-17-6-4-2-1-3-5-7-18-34-48-40(36-19-11-8-12-20-36,37-21-13-9-14-22-37)38-23-15-10-16-24-38/h8-16,19-24H,1-7,17-18,25-35H2,(H,41,42). The van der Waals surface area contributed by atoms with E-state index in [1.807, 2.05) is 0 Å². The van der Waals surface area contributed by atoms with Crippen molar-refractivity contribution in [2.75, 3.05) is 71.8 Å². The second-order valence-electron chi connectivity index (χ2n) is 11.7. The Morgan fingerprint density at radius 3 is 1.19 bits per heavy atom. The highest BCUT2D eigenvalue weighted by Crippen LogP contribution is 2.48. The van der Waals surface area contributed by atoms with Crippen LogP contribution in [-0.4, -0.2) is 82.9 Å². The number of aliphatic carboxylic acids is 1. The first-order chi connectivity index (χ1) is 23.7. The Morgan fingerprint density at radius 2 is 0.792 bits per heavy atom. The van der Waals surface area contributed by atoms with Crippen molar-refractivity contribution in [1.82, 2.24) is 0 Å². The number of hydrogen-bond donors (Lipinski definition) is 1. The normalized spacial score (nSPS) is 11.6. The Balaban J connectivity index is 1.14. The minimum atomic E-state index is -0.979. The zero-order valence-corrected chi connectivity index (χ0v) is 29.4. The molecule has 3 rings (SSSR count). The SMILES string of the molecule is O=C(O)COCCOCCOCCOCCOCCCCCCCCCCCSC(c1ccccc1)(c1ccccc1)c1ccccc1. The zero-order chi connectivity index (χ0) is 33.8. The summed E-state index contributed by atoms with van der Waals surface area (Å²) in [6.07, 6.45) is 11.4. The molecule has 264 valence electrons. The minimum Gasteiger partial charge on any atom is -0.480 e. The van der Waals surface area contributed by atoms with Gasteiger partial charge < -0.3 is 28.8 Å². The maximum Gasteiger partial charge on any atom is 0.329 e. The zero-order valence-electron chi connectivity index (χ0n) is 28.6. The van der Waals surface area contributed by atoms with Crippen molar-refractivity contribution < 1.29 is 33.6 Å². The molecule has 0 aliphatic rings. The highest BCUT2D eigenvalue weighted by molar-refractivity contribution is 8.00. The molecular formula is C40H56O7S. The molecule has 1 N–H and O–H groups in total. The molecule has 8 heteroatoms. The lowest BCUT2D eigenvalue weighted by atomic mass is 9.84. The summed E-state index contributed by atoms with van der Waals surface area (Å²) >= 11 is 2.08. The predicted molar refractivity (Wildman–Crippen MR) is 195 cm³/mol. The molecule has 0 unspecified atom stereocenters. The lowest BCUT2D eigenvalue weighted by molar-refractivity contribution is -0.142. The molecule has 0 aromatic heterocycles. The molecule has 0 aliphatic carbocycles. The van der Waals surface area contributed by atoms with Crippen LogP contribution >= 0.6 is 11.8 Å². The van der Waals surface area contributed by atoms with Crippen molar-refractivity contribution in [2.24, 2.45) is 0 Å². The molecule has 0 aliphatic heterocycles. The van der Waals surface area contributed by atoms with Crippen molar-refractivity contribution in [3.8, 4) is 0 Å². The third-order valence-corrected chi connectivity index (χ3v) is 9.64. The fraction of sp³-hybridized carbons (Fsp3) is 0.525. The van der Waals surface area contributed by atoms with Gasteiger partial charge in [-0.1, -0.05) is 136 Å². The molecule has 0 saturated heterocycles. The van der Waals surface area contributed by atoms with E-state index >= 15 is 0 Å². The van der Waals surface area contributed by atoms with E-state index in [0.29, 0.717) is 46.2 Å². The lowest BCUT2D eigenvalue weighted by Gasteiger charge is -2.35. The molecule has 0 saturated carbocycles. The first-order valence-corrected chi connectivity index (χ1v) is 18.6. The third-order valence-electron chi connectivity index (χ3n) is 8.01. The van der Waals surface area contributed by atoms with E-state index in [1.165, 1.54) is 68.1 Å². The summed E-state index contributed by atoms with van der Waals surface area (Å²) in [5, 5.41) is 8.47. The van der Waals surface area contributed by atoms with Gasteiger partial charge in [-0.15, -0.1) is 11.8 Å². The molecule has 7 nitrogen and oxygen atoms in total. The predicted octanol–water partition coefficient (Wildman–Crippen LogP) is 8.39. The Bertz CT molecular complexity index is 1080. The fourth-order valence-electron chi connectivity index (χ4n) is 5.58. The summed E-state index contributed by atoms with van der Waals surface area (Å²) in [5.41, 5.74) is 4.02. The molecule has 48 heavy (non-hydrogen) atoms. The van der Waals surface area contributed by atoms with Gasteiger partial charge in [-0.2, -0.15) is 0 Å². The molecule has 3 aromatic rings. The number of carboxylic acids is 1. The molecule has 0 heterocycles. The van der Waals surface area contributed by atoms with Gasteiger partial charge in [0.25, 0.3) is 0 Å². The summed E-state index contributed by atoms with van der Waals surface area (Å²) < 4.78 is 26.6. The van der Waals surface area contributed by atoms with E-state index in [2.05, 4.69) is 103 Å². The quantitative estimate of drug-likeness (QED) is 0.0556. The van der Waals surface area contributed by atoms with Gasteiger partial charge in [0.05, 0.1) is 57.6 Å². The van der Waals surface area contributed by atoms with Gasteiger partial charge in [-0.25, -0.2) is 4.79 Å². The van der Waals surface area contributed by atoms with Crippen molar-refractivity contribution in [3.63, 3.8) is 0 Å². The van der Waals surface area contributed by atoms with E-state index in [-0.39, 0.29) is 18.0 Å². The van der Waals surface area contributed by atoms with Crippen LogP contribution in [0.25, 0.3) is 0 Å². The highest BCUT2D eigenvalue weighted by atomic mass is 32.2. The van der Waals surface area contributed by atoms with E-state index in [4.69, 9.17) is 28.8 Å². The van der Waals surface area contributed by atoms with Gasteiger partial charge in [0.1, 0.15) is 6.61 Å². The van der Waals surface area contributed by atoms with Crippen molar-refractivity contribution >= 4 is 17.7 Å². The number of ether oxygens (including phenoxy) is 5. The number of carboxylic acid groups (broad SMARTS) is 1. The summed E-state index contributed by atoms with van der Waals surface area (Å²) in [7, 11) is 0. The number of benzene rings is 3. The monoisotopic (exact) mass is 680 g/mol. The molecular weight excluding hydrogens is 625 g/mol. The highest BCUT2D eigenvalue weighted by Gasteiger charge is 2.36. The maximum absolute atomic E-state index is 10.3. The lowest BCUT2D eigenvalue weighted by Crippen LogP contribution is -2.26. The van der Waals surface area contributed by atoms with Crippen LogP contribution in [0.15, 0.2) is 91.0 Å².